The molecular weight excluding hydrogens is 498 g/mol. The number of aromatic nitrogens is 4. The third-order valence-corrected chi connectivity index (χ3v) is 6.21. The first-order valence-corrected chi connectivity index (χ1v) is 13.1. The number of nitrogens with zero attached hydrogens (tertiary/aromatic N) is 8. The fraction of sp³-hybridized carbons (Fsp3) is 0.481. The normalized spacial score (nSPS) is 13.6. The standard InChI is InChI=1S/C27H35N9O3/c1-6-7-12-29-24-23-21(30-25(31-24)32-34-28)17-36(33-23)16-20-9-8-19(15-22(20)38-5)18-10-13-35(14-11-18)26(37)39-27(2,3)4/h8-10,15,17H,6-7,11-14,16H2,1-5H3,(H,29,30,31). The molecule has 0 unspecified atom stereocenters. The fourth-order valence-electron chi connectivity index (χ4n) is 4.29. The number of benzene rings is 1. The largest absolute Gasteiger partial charge is 0.496 e. The number of azide groups is 1. The molecule has 206 valence electrons. The molecule has 12 heteroatoms. The van der Waals surface area contributed by atoms with E-state index in [1.165, 1.54) is 0 Å². The first-order valence-electron chi connectivity index (χ1n) is 13.1. The second-order valence-electron chi connectivity index (χ2n) is 10.3. The minimum Gasteiger partial charge on any atom is -0.496 e. The van der Waals surface area contributed by atoms with E-state index in [0.29, 0.717) is 36.5 Å². The van der Waals surface area contributed by atoms with Gasteiger partial charge in [0, 0.05) is 30.1 Å². The van der Waals surface area contributed by atoms with Gasteiger partial charge >= 0.3 is 6.09 Å². The summed E-state index contributed by atoms with van der Waals surface area (Å²) >= 11 is 0. The van der Waals surface area contributed by atoms with Crippen LogP contribution in [0.3, 0.4) is 0 Å². The van der Waals surface area contributed by atoms with Crippen LogP contribution in [0.5, 0.6) is 5.75 Å². The van der Waals surface area contributed by atoms with Crippen LogP contribution in [0.2, 0.25) is 0 Å². The Morgan fingerprint density at radius 1 is 1.28 bits per heavy atom. The van der Waals surface area contributed by atoms with Crippen molar-refractivity contribution in [1.82, 2.24) is 24.6 Å². The number of hydrogen-bond donors (Lipinski definition) is 1. The number of carbonyl (C=O) groups excluding carboxylic acids is 1. The van der Waals surface area contributed by atoms with Gasteiger partial charge in [0.1, 0.15) is 16.9 Å². The third kappa shape index (κ3) is 6.97. The van der Waals surface area contributed by atoms with Gasteiger partial charge in [-0.25, -0.2) is 14.8 Å². The van der Waals surface area contributed by atoms with Gasteiger partial charge in [-0.05, 0) is 61.5 Å². The van der Waals surface area contributed by atoms with E-state index in [-0.39, 0.29) is 12.0 Å². The molecule has 0 spiro atoms. The molecule has 1 aliphatic heterocycles. The Morgan fingerprint density at radius 3 is 2.77 bits per heavy atom. The molecule has 0 bridgehead atoms. The van der Waals surface area contributed by atoms with E-state index in [1.807, 2.05) is 32.9 Å². The number of unbranched alkanes of at least 4 members (excludes halogenated alkanes) is 1. The zero-order valence-corrected chi connectivity index (χ0v) is 23.1. The molecule has 4 rings (SSSR count). The van der Waals surface area contributed by atoms with Crippen molar-refractivity contribution in [1.29, 1.82) is 0 Å². The van der Waals surface area contributed by atoms with Gasteiger partial charge in [0.2, 0.25) is 5.95 Å². The van der Waals surface area contributed by atoms with E-state index < -0.39 is 5.60 Å². The highest BCUT2D eigenvalue weighted by atomic mass is 16.6. The van der Waals surface area contributed by atoms with Crippen LogP contribution in [0.4, 0.5) is 16.6 Å². The predicted molar refractivity (Wildman–Crippen MR) is 150 cm³/mol. The van der Waals surface area contributed by atoms with Crippen LogP contribution in [0.1, 0.15) is 58.1 Å². The van der Waals surface area contributed by atoms with Crippen LogP contribution >= 0.6 is 0 Å². The molecule has 3 aromatic rings. The summed E-state index contributed by atoms with van der Waals surface area (Å²) in [6.07, 6.45) is 6.31. The summed E-state index contributed by atoms with van der Waals surface area (Å²) in [6.45, 7) is 10.00. The number of carbonyl (C=O) groups is 1. The van der Waals surface area contributed by atoms with E-state index in [9.17, 15) is 4.79 Å². The van der Waals surface area contributed by atoms with Crippen LogP contribution in [-0.4, -0.2) is 63.1 Å². The topological polar surface area (TPSA) is 143 Å². The van der Waals surface area contributed by atoms with E-state index in [4.69, 9.17) is 20.1 Å². The summed E-state index contributed by atoms with van der Waals surface area (Å²) < 4.78 is 13.0. The lowest BCUT2D eigenvalue weighted by Crippen LogP contribution is -2.39. The molecule has 3 heterocycles. The second-order valence-corrected chi connectivity index (χ2v) is 10.3. The highest BCUT2D eigenvalue weighted by Gasteiger charge is 2.24. The van der Waals surface area contributed by atoms with Crippen molar-refractivity contribution in [3.63, 3.8) is 0 Å². The maximum Gasteiger partial charge on any atom is 0.410 e. The van der Waals surface area contributed by atoms with Crippen molar-refractivity contribution in [2.75, 3.05) is 32.1 Å². The second kappa shape index (κ2) is 12.0. The lowest BCUT2D eigenvalue weighted by Gasteiger charge is -2.29. The minimum atomic E-state index is -0.517. The van der Waals surface area contributed by atoms with Gasteiger partial charge in [0.15, 0.2) is 11.3 Å². The molecule has 0 fully saturated rings. The van der Waals surface area contributed by atoms with Crippen molar-refractivity contribution < 1.29 is 14.3 Å². The fourth-order valence-corrected chi connectivity index (χ4v) is 4.29. The number of rotatable bonds is 9. The highest BCUT2D eigenvalue weighted by molar-refractivity contribution is 5.85. The quantitative estimate of drug-likeness (QED) is 0.152. The first kappa shape index (κ1) is 27.7. The number of anilines is 1. The zero-order chi connectivity index (χ0) is 28.0. The van der Waals surface area contributed by atoms with E-state index in [0.717, 1.165) is 48.3 Å². The molecule has 1 aromatic carbocycles. The van der Waals surface area contributed by atoms with E-state index in [2.05, 4.69) is 44.4 Å². The van der Waals surface area contributed by atoms with E-state index >= 15 is 0 Å². The molecule has 2 aromatic heterocycles. The lowest BCUT2D eigenvalue weighted by molar-refractivity contribution is 0.0270. The lowest BCUT2D eigenvalue weighted by atomic mass is 9.98. The molecule has 0 saturated carbocycles. The van der Waals surface area contributed by atoms with Gasteiger partial charge in [-0.15, -0.1) is 0 Å². The molecule has 1 amide bonds. The van der Waals surface area contributed by atoms with E-state index in [1.54, 1.807) is 22.9 Å². The van der Waals surface area contributed by atoms with Crippen LogP contribution < -0.4 is 10.1 Å². The van der Waals surface area contributed by atoms with Crippen molar-refractivity contribution in [2.24, 2.45) is 5.11 Å². The van der Waals surface area contributed by atoms with Gasteiger partial charge in [0.25, 0.3) is 0 Å². The Hall–Kier alpha value is -4.31. The van der Waals surface area contributed by atoms with Crippen molar-refractivity contribution in [3.8, 4) is 5.75 Å². The van der Waals surface area contributed by atoms with Crippen molar-refractivity contribution >= 4 is 34.5 Å². The van der Waals surface area contributed by atoms with Crippen molar-refractivity contribution in [3.05, 3.63) is 52.0 Å². The average molecular weight is 534 g/mol. The van der Waals surface area contributed by atoms with Crippen molar-refractivity contribution in [2.45, 2.75) is 59.1 Å². The summed E-state index contributed by atoms with van der Waals surface area (Å²) in [6, 6.07) is 6.11. The summed E-state index contributed by atoms with van der Waals surface area (Å²) in [7, 11) is 1.65. The summed E-state index contributed by atoms with van der Waals surface area (Å²) in [5.41, 5.74) is 12.7. The third-order valence-electron chi connectivity index (χ3n) is 6.21. The average Bonchev–Trinajstić information content (AvgIpc) is 3.31. The Morgan fingerprint density at radius 2 is 2.10 bits per heavy atom. The van der Waals surface area contributed by atoms with Gasteiger partial charge in [-0.1, -0.05) is 31.6 Å². The molecule has 0 atom stereocenters. The number of nitrogens with one attached hydrogen (secondary N) is 1. The van der Waals surface area contributed by atoms with Gasteiger partial charge < -0.3 is 19.7 Å². The molecule has 1 N–H and O–H groups in total. The van der Waals surface area contributed by atoms with Crippen LogP contribution in [-0.2, 0) is 11.3 Å². The monoisotopic (exact) mass is 533 g/mol. The zero-order valence-electron chi connectivity index (χ0n) is 23.1. The van der Waals surface area contributed by atoms with Gasteiger partial charge in [0.05, 0.1) is 19.9 Å². The Balaban J connectivity index is 1.53. The molecule has 1 aliphatic rings. The Labute approximate surface area is 227 Å². The minimum absolute atomic E-state index is 0.0523. The molecule has 0 saturated heterocycles. The van der Waals surface area contributed by atoms with Gasteiger partial charge in [-0.3, -0.25) is 4.68 Å². The van der Waals surface area contributed by atoms with Crippen LogP contribution in [0.25, 0.3) is 27.0 Å². The maximum atomic E-state index is 12.4. The number of ether oxygens (including phenoxy) is 2. The Kier molecular flexibility index (Phi) is 8.55. The van der Waals surface area contributed by atoms with Crippen LogP contribution in [0, 0.1) is 0 Å². The summed E-state index contributed by atoms with van der Waals surface area (Å²) in [5, 5.41) is 11.6. The SMILES string of the molecule is CCCCNc1nc(N=[N+]=[N-])nc2cn(Cc3ccc(C4=CCN(C(=O)OC(C)(C)C)CC4)cc3OC)nc12. The smallest absolute Gasteiger partial charge is 0.410 e. The maximum absolute atomic E-state index is 12.4. The summed E-state index contributed by atoms with van der Waals surface area (Å²) in [4.78, 5) is 25.6. The number of amides is 1. The molecule has 39 heavy (non-hydrogen) atoms. The predicted octanol–water partition coefficient (Wildman–Crippen LogP) is 6.06. The highest BCUT2D eigenvalue weighted by Crippen LogP contribution is 2.30. The number of fused-ring (bicyclic) bond motifs is 1. The molecule has 0 aliphatic carbocycles. The molecule has 12 nitrogen and oxygen atoms in total. The van der Waals surface area contributed by atoms with Gasteiger partial charge in [-0.2, -0.15) is 5.10 Å². The summed E-state index contributed by atoms with van der Waals surface area (Å²) in [5.74, 6) is 1.34. The Bertz CT molecular complexity index is 1420. The molecule has 0 radical (unpaired) electrons. The number of hydrogen-bond acceptors (Lipinski definition) is 8. The number of methoxy groups -OCH3 is 1. The van der Waals surface area contributed by atoms with Crippen LogP contribution in [0.15, 0.2) is 35.6 Å². The molecular formula is C27H35N9O3. The first-order chi connectivity index (χ1) is 18.7.